The minimum Gasteiger partial charge on any atom is -0.352 e. The first-order chi connectivity index (χ1) is 13.5. The van der Waals surface area contributed by atoms with Crippen molar-refractivity contribution in [2.45, 2.75) is 44.9 Å². The molecule has 1 fully saturated rings. The van der Waals surface area contributed by atoms with Gasteiger partial charge < -0.3 is 20.1 Å². The molecule has 2 N–H and O–H groups in total. The molecule has 0 bridgehead atoms. The number of rotatable bonds is 6. The van der Waals surface area contributed by atoms with E-state index in [2.05, 4.69) is 5.32 Å². The predicted molar refractivity (Wildman–Crippen MR) is 101 cm³/mol. The first-order valence-corrected chi connectivity index (χ1v) is 9.54. The first kappa shape index (κ1) is 22.9. The molecule has 2 atom stereocenters. The molecule has 2 rings (SSSR count). The van der Waals surface area contributed by atoms with E-state index in [-0.39, 0.29) is 30.5 Å². The van der Waals surface area contributed by atoms with Gasteiger partial charge in [-0.15, -0.1) is 0 Å². The number of hydrogen-bond donors (Lipinski definition) is 2. The SMILES string of the molecule is Cc1cccc(=O)n1CCC(=O)N[C@H]1CC[C@@H](C(=O)NCC(F)(F)F)CN(C)C1. The van der Waals surface area contributed by atoms with E-state index < -0.39 is 24.5 Å². The van der Waals surface area contributed by atoms with Gasteiger partial charge in [0, 0.05) is 43.9 Å². The Kier molecular flexibility index (Phi) is 7.83. The standard InChI is InChI=1S/C19H27F3N4O3/c1-13-4-3-5-17(28)26(13)9-8-16(27)24-15-7-6-14(10-25(2)11-15)18(29)23-12-19(20,21)22/h3-5,14-15H,6-12H2,1-2H3,(H,23,29)(H,24,27)/t14-,15+/m1/s1. The summed E-state index contributed by atoms with van der Waals surface area (Å²) in [5.74, 6) is -1.39. The fourth-order valence-electron chi connectivity index (χ4n) is 3.50. The van der Waals surface area contributed by atoms with E-state index >= 15 is 0 Å². The van der Waals surface area contributed by atoms with Crippen LogP contribution < -0.4 is 16.2 Å². The van der Waals surface area contributed by atoms with E-state index in [0.29, 0.717) is 25.9 Å². The maximum Gasteiger partial charge on any atom is 0.405 e. The number of likely N-dealkylation sites (tertiary alicyclic amines) is 1. The molecule has 0 saturated carbocycles. The highest BCUT2D eigenvalue weighted by Crippen LogP contribution is 2.18. The lowest BCUT2D eigenvalue weighted by Gasteiger charge is -2.22. The van der Waals surface area contributed by atoms with Crippen molar-refractivity contribution >= 4 is 11.8 Å². The van der Waals surface area contributed by atoms with Crippen LogP contribution in [-0.2, 0) is 16.1 Å². The zero-order valence-electron chi connectivity index (χ0n) is 16.6. The van der Waals surface area contributed by atoms with Gasteiger partial charge in [0.05, 0.1) is 5.92 Å². The topological polar surface area (TPSA) is 83.4 Å². The average Bonchev–Trinajstić information content (AvgIpc) is 2.79. The number of carbonyl (C=O) groups is 2. The Balaban J connectivity index is 1.85. The van der Waals surface area contributed by atoms with Crippen molar-refractivity contribution in [3.05, 3.63) is 34.2 Å². The molecule has 0 unspecified atom stereocenters. The second-order valence-corrected chi connectivity index (χ2v) is 7.50. The van der Waals surface area contributed by atoms with Gasteiger partial charge >= 0.3 is 6.18 Å². The van der Waals surface area contributed by atoms with Crippen LogP contribution in [0.5, 0.6) is 0 Å². The summed E-state index contributed by atoms with van der Waals surface area (Å²) in [5.41, 5.74) is 0.604. The average molecular weight is 416 g/mol. The maximum absolute atomic E-state index is 12.3. The number of alkyl halides is 3. The number of carbonyl (C=O) groups excluding carboxylic acids is 2. The number of aryl methyl sites for hydroxylation is 1. The summed E-state index contributed by atoms with van der Waals surface area (Å²) in [7, 11) is 1.77. The van der Waals surface area contributed by atoms with Crippen molar-refractivity contribution in [3.8, 4) is 0 Å². The molecule has 1 saturated heterocycles. The maximum atomic E-state index is 12.3. The molecular weight excluding hydrogens is 389 g/mol. The fraction of sp³-hybridized carbons (Fsp3) is 0.632. The second kappa shape index (κ2) is 9.91. The van der Waals surface area contributed by atoms with Gasteiger partial charge in [-0.25, -0.2) is 0 Å². The van der Waals surface area contributed by atoms with Crippen LogP contribution in [0, 0.1) is 12.8 Å². The van der Waals surface area contributed by atoms with Gasteiger partial charge in [-0.2, -0.15) is 13.2 Å². The van der Waals surface area contributed by atoms with Gasteiger partial charge in [-0.1, -0.05) is 6.07 Å². The number of aromatic nitrogens is 1. The minimum absolute atomic E-state index is 0.139. The number of likely N-dealkylation sites (N-methyl/N-ethyl adjacent to an activating group) is 1. The molecule has 0 spiro atoms. The molecule has 1 aromatic heterocycles. The Morgan fingerprint density at radius 1 is 1.21 bits per heavy atom. The van der Waals surface area contributed by atoms with E-state index in [9.17, 15) is 27.6 Å². The number of nitrogens with one attached hydrogen (secondary N) is 2. The van der Waals surface area contributed by atoms with Crippen LogP contribution in [-0.4, -0.2) is 60.2 Å². The molecule has 29 heavy (non-hydrogen) atoms. The van der Waals surface area contributed by atoms with Crippen LogP contribution >= 0.6 is 0 Å². The molecule has 162 valence electrons. The summed E-state index contributed by atoms with van der Waals surface area (Å²) in [5, 5.41) is 4.84. The predicted octanol–water partition coefficient (Wildman–Crippen LogP) is 1.05. The Morgan fingerprint density at radius 3 is 2.59 bits per heavy atom. The van der Waals surface area contributed by atoms with Crippen LogP contribution in [0.2, 0.25) is 0 Å². The highest BCUT2D eigenvalue weighted by Gasteiger charge is 2.31. The molecule has 1 aliphatic heterocycles. The lowest BCUT2D eigenvalue weighted by molar-refractivity contribution is -0.141. The van der Waals surface area contributed by atoms with Crippen molar-refractivity contribution in [1.29, 1.82) is 0 Å². The van der Waals surface area contributed by atoms with Gasteiger partial charge in [0.15, 0.2) is 0 Å². The Bertz CT molecular complexity index is 779. The summed E-state index contributed by atoms with van der Waals surface area (Å²) >= 11 is 0. The summed E-state index contributed by atoms with van der Waals surface area (Å²) in [6, 6.07) is 4.69. The second-order valence-electron chi connectivity index (χ2n) is 7.50. The largest absolute Gasteiger partial charge is 0.405 e. The van der Waals surface area contributed by atoms with E-state index in [1.807, 2.05) is 10.2 Å². The molecule has 7 nitrogen and oxygen atoms in total. The molecule has 0 radical (unpaired) electrons. The lowest BCUT2D eigenvalue weighted by atomic mass is 10.0. The molecule has 1 aromatic rings. The third-order valence-corrected chi connectivity index (χ3v) is 4.96. The van der Waals surface area contributed by atoms with Gasteiger partial charge in [0.2, 0.25) is 11.8 Å². The van der Waals surface area contributed by atoms with Crippen molar-refractivity contribution in [3.63, 3.8) is 0 Å². The molecule has 10 heteroatoms. The smallest absolute Gasteiger partial charge is 0.352 e. The Hall–Kier alpha value is -2.36. The zero-order valence-corrected chi connectivity index (χ0v) is 16.6. The van der Waals surface area contributed by atoms with Crippen molar-refractivity contribution in [2.75, 3.05) is 26.7 Å². The van der Waals surface area contributed by atoms with E-state index in [4.69, 9.17) is 0 Å². The third kappa shape index (κ3) is 7.52. The summed E-state index contributed by atoms with van der Waals surface area (Å²) in [6.45, 7) is 1.55. The Labute approximate surface area is 167 Å². The quantitative estimate of drug-likeness (QED) is 0.726. The first-order valence-electron chi connectivity index (χ1n) is 9.54. The van der Waals surface area contributed by atoms with Gasteiger partial charge in [0.25, 0.3) is 5.56 Å². The van der Waals surface area contributed by atoms with E-state index in [1.165, 1.54) is 10.6 Å². The van der Waals surface area contributed by atoms with Crippen LogP contribution in [0.15, 0.2) is 23.0 Å². The van der Waals surface area contributed by atoms with E-state index in [0.717, 1.165) is 5.69 Å². The van der Waals surface area contributed by atoms with Gasteiger partial charge in [-0.05, 0) is 32.9 Å². The number of nitrogens with zero attached hydrogens (tertiary/aromatic N) is 2. The van der Waals surface area contributed by atoms with Crippen molar-refractivity contribution in [1.82, 2.24) is 20.1 Å². The third-order valence-electron chi connectivity index (χ3n) is 4.96. The van der Waals surface area contributed by atoms with Crippen LogP contribution in [0.25, 0.3) is 0 Å². The number of pyridine rings is 1. The summed E-state index contributed by atoms with van der Waals surface area (Å²) in [4.78, 5) is 38.0. The normalized spacial score (nSPS) is 20.7. The number of halogens is 3. The minimum atomic E-state index is -4.44. The molecule has 2 amide bonds. The van der Waals surface area contributed by atoms with Gasteiger partial charge in [-0.3, -0.25) is 14.4 Å². The van der Waals surface area contributed by atoms with Crippen LogP contribution in [0.3, 0.4) is 0 Å². The monoisotopic (exact) mass is 416 g/mol. The summed E-state index contributed by atoms with van der Waals surface area (Å²) in [6.07, 6.45) is -3.43. The number of amides is 2. The molecule has 0 aliphatic carbocycles. The van der Waals surface area contributed by atoms with Crippen molar-refractivity contribution in [2.24, 2.45) is 5.92 Å². The molecule has 0 aromatic carbocycles. The van der Waals surface area contributed by atoms with Crippen molar-refractivity contribution < 1.29 is 22.8 Å². The number of hydrogen-bond acceptors (Lipinski definition) is 4. The lowest BCUT2D eigenvalue weighted by Crippen LogP contribution is -2.43. The molecular formula is C19H27F3N4O3. The summed E-state index contributed by atoms with van der Waals surface area (Å²) < 4.78 is 38.4. The van der Waals surface area contributed by atoms with Crippen LogP contribution in [0.4, 0.5) is 13.2 Å². The highest BCUT2D eigenvalue weighted by atomic mass is 19.4. The van der Waals surface area contributed by atoms with Gasteiger partial charge in [0.1, 0.15) is 6.54 Å². The fourth-order valence-corrected chi connectivity index (χ4v) is 3.50. The molecule has 1 aliphatic rings. The zero-order chi connectivity index (χ0) is 21.6. The molecule has 2 heterocycles. The van der Waals surface area contributed by atoms with Crippen LogP contribution in [0.1, 0.15) is 25.0 Å². The van der Waals surface area contributed by atoms with E-state index in [1.54, 1.807) is 26.1 Å². The Morgan fingerprint density at radius 2 is 1.93 bits per heavy atom. The highest BCUT2D eigenvalue weighted by molar-refractivity contribution is 5.79.